The molecule has 1 heterocycles. The second-order valence-electron chi connectivity index (χ2n) is 2.04. The maximum Gasteiger partial charge on any atom is 0.123 e. The summed E-state index contributed by atoms with van der Waals surface area (Å²) >= 11 is 0. The van der Waals surface area contributed by atoms with E-state index in [0.717, 1.165) is 5.56 Å². The van der Waals surface area contributed by atoms with Gasteiger partial charge in [-0.3, -0.25) is 0 Å². The van der Waals surface area contributed by atoms with E-state index in [9.17, 15) is 5.11 Å². The quantitative estimate of drug-likeness (QED) is 0.650. The molecule has 3 heteroatoms. The van der Waals surface area contributed by atoms with Crippen molar-refractivity contribution in [1.82, 2.24) is 4.98 Å². The molecule has 0 aromatic carbocycles. The minimum absolute atomic E-state index is 0.0938. The van der Waals surface area contributed by atoms with Gasteiger partial charge in [0.15, 0.2) is 0 Å². The molecule has 0 unspecified atom stereocenters. The van der Waals surface area contributed by atoms with Gasteiger partial charge in [-0.2, -0.15) is 0 Å². The van der Waals surface area contributed by atoms with E-state index >= 15 is 0 Å². The third-order valence-corrected chi connectivity index (χ3v) is 1.24. The molecule has 1 rings (SSSR count). The molecular formula is C7H9N2O. The van der Waals surface area contributed by atoms with Gasteiger partial charge in [-0.05, 0) is 24.1 Å². The monoisotopic (exact) mass is 137 g/mol. The normalized spacial score (nSPS) is 9.70. The van der Waals surface area contributed by atoms with Crippen LogP contribution in [0, 0.1) is 0 Å². The molecular weight excluding hydrogens is 128 g/mol. The van der Waals surface area contributed by atoms with Crippen LogP contribution < -0.4 is 5.73 Å². The van der Waals surface area contributed by atoms with Crippen molar-refractivity contribution in [2.24, 2.45) is 0 Å². The second kappa shape index (κ2) is 3.17. The summed E-state index contributed by atoms with van der Waals surface area (Å²) in [5.41, 5.74) is 6.34. The Morgan fingerprint density at radius 1 is 1.60 bits per heavy atom. The van der Waals surface area contributed by atoms with Crippen LogP contribution in [-0.4, -0.2) is 11.6 Å². The van der Waals surface area contributed by atoms with Crippen molar-refractivity contribution in [1.29, 1.82) is 0 Å². The van der Waals surface area contributed by atoms with Gasteiger partial charge in [0.25, 0.3) is 0 Å². The van der Waals surface area contributed by atoms with Gasteiger partial charge in [-0.1, -0.05) is 0 Å². The Hall–Kier alpha value is -1.09. The number of nitrogens with two attached hydrogens (primary N) is 1. The van der Waals surface area contributed by atoms with Crippen LogP contribution in [0.1, 0.15) is 5.56 Å². The molecule has 1 radical (unpaired) electrons. The van der Waals surface area contributed by atoms with E-state index in [1.165, 1.54) is 0 Å². The minimum Gasteiger partial charge on any atom is -0.384 e. The first kappa shape index (κ1) is 7.02. The van der Waals surface area contributed by atoms with Crippen LogP contribution in [-0.2, 0) is 11.5 Å². The van der Waals surface area contributed by atoms with Gasteiger partial charge in [0.2, 0.25) is 0 Å². The number of nitrogen functional groups attached to an aromatic ring is 1. The van der Waals surface area contributed by atoms with E-state index < -0.39 is 0 Å². The molecule has 0 bridgehead atoms. The number of hydrogen-bond acceptors (Lipinski definition) is 2. The molecule has 0 atom stereocenters. The minimum atomic E-state index is -0.0938. The summed E-state index contributed by atoms with van der Waals surface area (Å²) in [6.45, 7) is -0.0938. The van der Waals surface area contributed by atoms with Crippen LogP contribution in [0.3, 0.4) is 0 Å². The van der Waals surface area contributed by atoms with Crippen molar-refractivity contribution in [2.75, 3.05) is 12.3 Å². The molecule has 0 fully saturated rings. The highest BCUT2D eigenvalue weighted by atomic mass is 16.2. The van der Waals surface area contributed by atoms with Crippen LogP contribution in [0.15, 0.2) is 18.3 Å². The Bertz CT molecular complexity index is 213. The molecule has 2 N–H and O–H groups in total. The summed E-state index contributed by atoms with van der Waals surface area (Å²) in [6.07, 6.45) is 2.15. The Balaban J connectivity index is 2.75. The number of pyridine rings is 1. The molecule has 0 aliphatic carbocycles. The number of hydrogen-bond donors (Lipinski definition) is 1. The van der Waals surface area contributed by atoms with Gasteiger partial charge in [0, 0.05) is 6.20 Å². The molecule has 0 saturated carbocycles. The third-order valence-electron chi connectivity index (χ3n) is 1.24. The first-order chi connectivity index (χ1) is 4.83. The molecule has 10 heavy (non-hydrogen) atoms. The third kappa shape index (κ3) is 1.70. The lowest BCUT2D eigenvalue weighted by Gasteiger charge is -1.96. The van der Waals surface area contributed by atoms with Gasteiger partial charge in [0.1, 0.15) is 5.82 Å². The lowest BCUT2D eigenvalue weighted by molar-refractivity contribution is 0.197. The Labute approximate surface area is 59.5 Å². The molecule has 1 aromatic heterocycles. The first-order valence-electron chi connectivity index (χ1n) is 3.11. The fourth-order valence-electron chi connectivity index (χ4n) is 0.768. The summed E-state index contributed by atoms with van der Waals surface area (Å²) in [5.74, 6) is 0.478. The van der Waals surface area contributed by atoms with Crippen molar-refractivity contribution >= 4 is 5.82 Å². The van der Waals surface area contributed by atoms with Gasteiger partial charge in [0.05, 0.1) is 6.61 Å². The summed E-state index contributed by atoms with van der Waals surface area (Å²) in [7, 11) is 0. The number of rotatable bonds is 2. The molecule has 53 valence electrons. The van der Waals surface area contributed by atoms with E-state index in [0.29, 0.717) is 12.2 Å². The second-order valence-corrected chi connectivity index (χ2v) is 2.04. The van der Waals surface area contributed by atoms with Gasteiger partial charge in [-0.25, -0.2) is 10.1 Å². The van der Waals surface area contributed by atoms with Crippen LogP contribution in [0.2, 0.25) is 0 Å². The predicted molar refractivity (Wildman–Crippen MR) is 37.9 cm³/mol. The maximum absolute atomic E-state index is 10.1. The summed E-state index contributed by atoms with van der Waals surface area (Å²) < 4.78 is 0. The molecule has 3 nitrogen and oxygen atoms in total. The molecule has 0 saturated heterocycles. The van der Waals surface area contributed by atoms with Crippen LogP contribution in [0.25, 0.3) is 0 Å². The molecule has 0 aliphatic rings. The summed E-state index contributed by atoms with van der Waals surface area (Å²) in [5, 5.41) is 10.1. The zero-order chi connectivity index (χ0) is 7.40. The Morgan fingerprint density at radius 3 is 3.00 bits per heavy atom. The fraction of sp³-hybridized carbons (Fsp3) is 0.286. The van der Waals surface area contributed by atoms with Crippen molar-refractivity contribution < 1.29 is 5.11 Å². The molecule has 0 spiro atoms. The highest BCUT2D eigenvalue weighted by Crippen LogP contribution is 2.02. The lowest BCUT2D eigenvalue weighted by Crippen LogP contribution is -1.93. The topological polar surface area (TPSA) is 58.8 Å². The maximum atomic E-state index is 10.1. The van der Waals surface area contributed by atoms with Crippen molar-refractivity contribution in [3.8, 4) is 0 Å². The van der Waals surface area contributed by atoms with Crippen molar-refractivity contribution in [3.05, 3.63) is 23.9 Å². The van der Waals surface area contributed by atoms with E-state index in [4.69, 9.17) is 5.73 Å². The highest BCUT2D eigenvalue weighted by Gasteiger charge is 1.91. The first-order valence-corrected chi connectivity index (χ1v) is 3.11. The SMILES string of the molecule is Nc1cc(CC[O])ccn1. The molecule has 0 amide bonds. The lowest BCUT2D eigenvalue weighted by atomic mass is 10.2. The van der Waals surface area contributed by atoms with E-state index in [1.54, 1.807) is 18.3 Å². The van der Waals surface area contributed by atoms with Crippen LogP contribution in [0.4, 0.5) is 5.82 Å². The Morgan fingerprint density at radius 2 is 2.40 bits per heavy atom. The average molecular weight is 137 g/mol. The van der Waals surface area contributed by atoms with Gasteiger partial charge < -0.3 is 5.73 Å². The highest BCUT2D eigenvalue weighted by molar-refractivity contribution is 5.31. The zero-order valence-electron chi connectivity index (χ0n) is 5.58. The summed E-state index contributed by atoms with van der Waals surface area (Å²) in [6, 6.07) is 3.52. The standard InChI is InChI=1S/C7H9N2O/c8-7-5-6(2-4-10)1-3-9-7/h1,3,5H,2,4H2,(H2,8,9). The van der Waals surface area contributed by atoms with E-state index in [1.807, 2.05) is 0 Å². The largest absolute Gasteiger partial charge is 0.384 e. The summed E-state index contributed by atoms with van der Waals surface area (Å²) in [4.78, 5) is 3.80. The fourth-order valence-corrected chi connectivity index (χ4v) is 0.768. The number of anilines is 1. The van der Waals surface area contributed by atoms with Gasteiger partial charge >= 0.3 is 0 Å². The van der Waals surface area contributed by atoms with Crippen molar-refractivity contribution in [3.63, 3.8) is 0 Å². The molecule has 1 aromatic rings. The number of aromatic nitrogens is 1. The zero-order valence-corrected chi connectivity index (χ0v) is 5.58. The number of nitrogens with zero attached hydrogens (tertiary/aromatic N) is 1. The Kier molecular flexibility index (Phi) is 2.23. The van der Waals surface area contributed by atoms with Crippen molar-refractivity contribution in [2.45, 2.75) is 6.42 Å². The van der Waals surface area contributed by atoms with E-state index in [2.05, 4.69) is 4.98 Å². The average Bonchev–Trinajstić information content (AvgIpc) is 1.88. The van der Waals surface area contributed by atoms with E-state index in [-0.39, 0.29) is 6.61 Å². The smallest absolute Gasteiger partial charge is 0.123 e. The van der Waals surface area contributed by atoms with Crippen LogP contribution in [0.5, 0.6) is 0 Å². The van der Waals surface area contributed by atoms with Gasteiger partial charge in [-0.15, -0.1) is 0 Å². The van der Waals surface area contributed by atoms with Crippen LogP contribution >= 0.6 is 0 Å². The molecule has 0 aliphatic heterocycles. The predicted octanol–water partition coefficient (Wildman–Crippen LogP) is 0.637.